The maximum Gasteiger partial charge on any atom is 0.319 e. The number of carbonyl (C=O) groups excluding carboxylic acids is 1. The van der Waals surface area contributed by atoms with Crippen molar-refractivity contribution < 1.29 is 4.79 Å². The summed E-state index contributed by atoms with van der Waals surface area (Å²) in [6.45, 7) is 0.676. The number of urea groups is 1. The Morgan fingerprint density at radius 2 is 2.09 bits per heavy atom. The third kappa shape index (κ3) is 3.64. The highest BCUT2D eigenvalue weighted by Gasteiger charge is 2.07. The van der Waals surface area contributed by atoms with E-state index in [4.69, 9.17) is 0 Å². The Morgan fingerprint density at radius 3 is 2.95 bits per heavy atom. The summed E-state index contributed by atoms with van der Waals surface area (Å²) in [6, 6.07) is 9.49. The molecule has 0 bridgehead atoms. The summed E-state index contributed by atoms with van der Waals surface area (Å²) in [5.41, 5.74) is 3.03. The Kier molecular flexibility index (Phi) is 4.68. The highest BCUT2D eigenvalue weighted by atomic mass is 16.2. The van der Waals surface area contributed by atoms with Gasteiger partial charge in [-0.05, 0) is 44.2 Å². The van der Waals surface area contributed by atoms with E-state index >= 15 is 0 Å². The van der Waals surface area contributed by atoms with Gasteiger partial charge < -0.3 is 10.6 Å². The molecule has 4 heteroatoms. The van der Waals surface area contributed by atoms with E-state index < -0.39 is 0 Å². The van der Waals surface area contributed by atoms with Crippen LogP contribution >= 0.6 is 0 Å². The second-order valence-corrected chi connectivity index (χ2v) is 5.62. The number of hydrogen-bond acceptors (Lipinski definition) is 2. The molecule has 2 amide bonds. The maximum absolute atomic E-state index is 12.0. The predicted molar refractivity (Wildman–Crippen MR) is 89.9 cm³/mol. The first kappa shape index (κ1) is 14.6. The monoisotopic (exact) mass is 295 g/mol. The highest BCUT2D eigenvalue weighted by molar-refractivity contribution is 5.99. The van der Waals surface area contributed by atoms with Gasteiger partial charge in [0.05, 0.1) is 11.2 Å². The van der Waals surface area contributed by atoms with E-state index in [2.05, 4.69) is 21.7 Å². The first-order valence-electron chi connectivity index (χ1n) is 7.89. The van der Waals surface area contributed by atoms with Crippen molar-refractivity contribution in [2.45, 2.75) is 32.1 Å². The zero-order chi connectivity index (χ0) is 15.2. The largest absolute Gasteiger partial charge is 0.338 e. The molecule has 114 valence electrons. The van der Waals surface area contributed by atoms with Crippen LogP contribution in [0.3, 0.4) is 0 Å². The van der Waals surface area contributed by atoms with Crippen LogP contribution in [-0.2, 0) is 0 Å². The Morgan fingerprint density at radius 1 is 1.18 bits per heavy atom. The number of aromatic nitrogens is 1. The number of nitrogens with one attached hydrogen (secondary N) is 2. The number of allylic oxidation sites excluding steroid dienone is 1. The number of carbonyl (C=O) groups is 1. The van der Waals surface area contributed by atoms with Crippen molar-refractivity contribution in [3.8, 4) is 0 Å². The average molecular weight is 295 g/mol. The van der Waals surface area contributed by atoms with Crippen LogP contribution < -0.4 is 10.6 Å². The third-order valence-electron chi connectivity index (χ3n) is 4.00. The van der Waals surface area contributed by atoms with Crippen molar-refractivity contribution in [2.75, 3.05) is 11.9 Å². The lowest BCUT2D eigenvalue weighted by atomic mass is 9.97. The van der Waals surface area contributed by atoms with Gasteiger partial charge in [-0.1, -0.05) is 29.8 Å². The first-order valence-corrected chi connectivity index (χ1v) is 7.89. The van der Waals surface area contributed by atoms with Gasteiger partial charge in [-0.2, -0.15) is 0 Å². The molecule has 22 heavy (non-hydrogen) atoms. The van der Waals surface area contributed by atoms with Crippen LogP contribution in [0.1, 0.15) is 32.1 Å². The predicted octanol–water partition coefficient (Wildman–Crippen LogP) is 4.25. The molecule has 1 heterocycles. The molecular weight excluding hydrogens is 274 g/mol. The van der Waals surface area contributed by atoms with E-state index in [0.717, 1.165) is 23.0 Å². The summed E-state index contributed by atoms with van der Waals surface area (Å²) in [4.78, 5) is 16.4. The lowest BCUT2D eigenvalue weighted by Crippen LogP contribution is -2.29. The molecule has 0 fully saturated rings. The van der Waals surface area contributed by atoms with Crippen LogP contribution in [0.2, 0.25) is 0 Å². The van der Waals surface area contributed by atoms with Gasteiger partial charge in [-0.15, -0.1) is 0 Å². The molecule has 4 nitrogen and oxygen atoms in total. The van der Waals surface area contributed by atoms with Crippen molar-refractivity contribution in [3.63, 3.8) is 0 Å². The smallest absolute Gasteiger partial charge is 0.319 e. The third-order valence-corrected chi connectivity index (χ3v) is 4.00. The zero-order valence-electron chi connectivity index (χ0n) is 12.6. The number of para-hydroxylation sites is 1. The number of benzene rings is 1. The first-order chi connectivity index (χ1) is 10.8. The minimum absolute atomic E-state index is 0.172. The van der Waals surface area contributed by atoms with E-state index in [1.807, 2.05) is 30.3 Å². The van der Waals surface area contributed by atoms with Crippen LogP contribution in [0.4, 0.5) is 10.5 Å². The Hall–Kier alpha value is -2.36. The second-order valence-electron chi connectivity index (χ2n) is 5.62. The summed E-state index contributed by atoms with van der Waals surface area (Å²) in [6.07, 6.45) is 9.94. The van der Waals surface area contributed by atoms with Crippen LogP contribution in [0, 0.1) is 0 Å². The molecule has 2 N–H and O–H groups in total. The number of pyridine rings is 1. The van der Waals surface area contributed by atoms with Crippen molar-refractivity contribution in [2.24, 2.45) is 0 Å². The Balaban J connectivity index is 1.55. The molecule has 1 aromatic heterocycles. The van der Waals surface area contributed by atoms with Crippen LogP contribution in [0.25, 0.3) is 10.9 Å². The van der Waals surface area contributed by atoms with Crippen LogP contribution in [0.5, 0.6) is 0 Å². The molecule has 0 spiro atoms. The molecule has 1 aliphatic carbocycles. The Labute approximate surface area is 130 Å². The molecule has 1 aromatic carbocycles. The SMILES string of the molecule is O=C(NCCC1=CCCCC1)Nc1cccc2cccnc12. The Bertz CT molecular complexity index is 688. The summed E-state index contributed by atoms with van der Waals surface area (Å²) >= 11 is 0. The minimum atomic E-state index is -0.172. The molecule has 1 aliphatic rings. The minimum Gasteiger partial charge on any atom is -0.338 e. The highest BCUT2D eigenvalue weighted by Crippen LogP contribution is 2.21. The number of amides is 2. The van der Waals surface area contributed by atoms with Gasteiger partial charge in [0.15, 0.2) is 0 Å². The average Bonchev–Trinajstić information content (AvgIpc) is 2.56. The molecule has 0 saturated carbocycles. The van der Waals surface area contributed by atoms with E-state index in [9.17, 15) is 4.79 Å². The fourth-order valence-corrected chi connectivity index (χ4v) is 2.84. The van der Waals surface area contributed by atoms with Gasteiger partial charge in [0.2, 0.25) is 0 Å². The van der Waals surface area contributed by atoms with Gasteiger partial charge >= 0.3 is 6.03 Å². The number of anilines is 1. The summed E-state index contributed by atoms with van der Waals surface area (Å²) in [7, 11) is 0. The number of fused-ring (bicyclic) bond motifs is 1. The molecule has 0 saturated heterocycles. The van der Waals surface area contributed by atoms with Gasteiger partial charge in [-0.25, -0.2) is 4.79 Å². The van der Waals surface area contributed by atoms with Gasteiger partial charge in [0, 0.05) is 18.1 Å². The van der Waals surface area contributed by atoms with E-state index in [1.54, 1.807) is 6.20 Å². The van der Waals surface area contributed by atoms with Gasteiger partial charge in [0.1, 0.15) is 0 Å². The molecule has 0 radical (unpaired) electrons. The lowest BCUT2D eigenvalue weighted by Gasteiger charge is -2.13. The summed E-state index contributed by atoms with van der Waals surface area (Å²) in [5, 5.41) is 6.84. The second kappa shape index (κ2) is 7.07. The van der Waals surface area contributed by atoms with Crippen molar-refractivity contribution in [1.29, 1.82) is 0 Å². The summed E-state index contributed by atoms with van der Waals surface area (Å²) in [5.74, 6) is 0. The number of nitrogens with zero attached hydrogens (tertiary/aromatic N) is 1. The maximum atomic E-state index is 12.0. The molecule has 0 aliphatic heterocycles. The topological polar surface area (TPSA) is 54.0 Å². The molecule has 0 unspecified atom stereocenters. The molecular formula is C18H21N3O. The zero-order valence-corrected chi connectivity index (χ0v) is 12.6. The van der Waals surface area contributed by atoms with Crippen molar-refractivity contribution in [3.05, 3.63) is 48.2 Å². The quantitative estimate of drug-likeness (QED) is 0.829. The standard InChI is InChI=1S/C18H21N3O/c22-18(20-13-11-14-6-2-1-3-7-14)21-16-10-4-8-15-9-5-12-19-17(15)16/h4-6,8-10,12H,1-3,7,11,13H2,(H2,20,21,22). The lowest BCUT2D eigenvalue weighted by molar-refractivity contribution is 0.252. The number of rotatable bonds is 4. The van der Waals surface area contributed by atoms with E-state index in [-0.39, 0.29) is 6.03 Å². The fraction of sp³-hybridized carbons (Fsp3) is 0.333. The molecule has 2 aromatic rings. The van der Waals surface area contributed by atoms with Crippen molar-refractivity contribution >= 4 is 22.6 Å². The van der Waals surface area contributed by atoms with Gasteiger partial charge in [-0.3, -0.25) is 4.98 Å². The van der Waals surface area contributed by atoms with E-state index in [1.165, 1.54) is 31.3 Å². The normalized spacial score (nSPS) is 14.5. The summed E-state index contributed by atoms with van der Waals surface area (Å²) < 4.78 is 0. The fourth-order valence-electron chi connectivity index (χ4n) is 2.84. The number of hydrogen-bond donors (Lipinski definition) is 2. The van der Waals surface area contributed by atoms with E-state index in [0.29, 0.717) is 6.54 Å². The molecule has 0 atom stereocenters. The van der Waals surface area contributed by atoms with Crippen molar-refractivity contribution in [1.82, 2.24) is 10.3 Å². The molecule has 3 rings (SSSR count). The van der Waals surface area contributed by atoms with Gasteiger partial charge in [0.25, 0.3) is 0 Å². The van der Waals surface area contributed by atoms with Crippen LogP contribution in [0.15, 0.2) is 48.2 Å². The van der Waals surface area contributed by atoms with Crippen LogP contribution in [-0.4, -0.2) is 17.6 Å².